The Labute approximate surface area is 96.9 Å². The largest absolute Gasteiger partial charge is 0.381 e. The molecule has 16 heavy (non-hydrogen) atoms. The summed E-state index contributed by atoms with van der Waals surface area (Å²) in [5.74, 6) is 0.313. The summed E-state index contributed by atoms with van der Waals surface area (Å²) < 4.78 is 10.9. The van der Waals surface area contributed by atoms with Crippen LogP contribution in [0.5, 0.6) is 0 Å². The Hall–Kier alpha value is -0.450. The van der Waals surface area contributed by atoms with Crippen LogP contribution >= 0.6 is 0 Å². The maximum absolute atomic E-state index is 12.2. The monoisotopic (exact) mass is 227 g/mol. The molecule has 2 saturated heterocycles. The van der Waals surface area contributed by atoms with E-state index in [4.69, 9.17) is 9.47 Å². The minimum atomic E-state index is -0.222. The number of Topliss-reactive ketones (excluding diaryl/α,β-unsaturated/α-hetero) is 1. The molecule has 4 nitrogen and oxygen atoms in total. The van der Waals surface area contributed by atoms with E-state index in [0.717, 1.165) is 39.1 Å². The Morgan fingerprint density at radius 2 is 2.31 bits per heavy atom. The van der Waals surface area contributed by atoms with E-state index < -0.39 is 0 Å². The van der Waals surface area contributed by atoms with Crippen LogP contribution < -0.4 is 0 Å². The van der Waals surface area contributed by atoms with Crippen molar-refractivity contribution in [3.8, 4) is 0 Å². The summed E-state index contributed by atoms with van der Waals surface area (Å²) in [5.41, 5.74) is 0. The van der Waals surface area contributed by atoms with Crippen LogP contribution in [0.3, 0.4) is 0 Å². The molecule has 2 fully saturated rings. The molecular formula is C12H21NO3. The van der Waals surface area contributed by atoms with Gasteiger partial charge in [0.05, 0.1) is 13.2 Å². The van der Waals surface area contributed by atoms with Crippen molar-refractivity contribution in [1.82, 2.24) is 4.90 Å². The van der Waals surface area contributed by atoms with Crippen molar-refractivity contribution < 1.29 is 14.3 Å². The second-order valence-corrected chi connectivity index (χ2v) is 4.57. The van der Waals surface area contributed by atoms with E-state index in [1.165, 1.54) is 0 Å². The van der Waals surface area contributed by atoms with Gasteiger partial charge in [0, 0.05) is 25.6 Å². The van der Waals surface area contributed by atoms with Gasteiger partial charge in [0.25, 0.3) is 0 Å². The van der Waals surface area contributed by atoms with E-state index in [1.54, 1.807) is 0 Å². The number of hydrogen-bond donors (Lipinski definition) is 0. The molecule has 2 aliphatic rings. The zero-order chi connectivity index (χ0) is 11.4. The Morgan fingerprint density at radius 3 is 3.00 bits per heavy atom. The molecule has 2 aliphatic heterocycles. The fraction of sp³-hybridized carbons (Fsp3) is 0.917. The number of ketones is 1. The number of carbonyl (C=O) groups excluding carboxylic acids is 1. The predicted molar refractivity (Wildman–Crippen MR) is 60.4 cm³/mol. The number of hydrogen-bond acceptors (Lipinski definition) is 4. The van der Waals surface area contributed by atoms with E-state index in [9.17, 15) is 4.79 Å². The molecule has 2 rings (SSSR count). The Balaban J connectivity index is 1.87. The fourth-order valence-electron chi connectivity index (χ4n) is 2.39. The second kappa shape index (κ2) is 5.75. The van der Waals surface area contributed by atoms with Gasteiger partial charge in [-0.05, 0) is 19.4 Å². The van der Waals surface area contributed by atoms with Gasteiger partial charge in [0.15, 0.2) is 5.78 Å². The smallest absolute Gasteiger partial charge is 0.168 e. The Kier molecular flexibility index (Phi) is 4.32. The van der Waals surface area contributed by atoms with Crippen molar-refractivity contribution in [2.75, 3.05) is 39.5 Å². The topological polar surface area (TPSA) is 38.8 Å². The molecule has 0 aliphatic carbocycles. The molecule has 0 N–H and O–H groups in total. The highest BCUT2D eigenvalue weighted by Crippen LogP contribution is 2.19. The second-order valence-electron chi connectivity index (χ2n) is 4.57. The maximum Gasteiger partial charge on any atom is 0.168 e. The molecule has 4 heteroatoms. The van der Waals surface area contributed by atoms with Crippen LogP contribution in [0.4, 0.5) is 0 Å². The molecule has 0 radical (unpaired) electrons. The summed E-state index contributed by atoms with van der Waals surface area (Å²) in [5, 5.41) is 0. The molecule has 0 aromatic rings. The minimum Gasteiger partial charge on any atom is -0.381 e. The van der Waals surface area contributed by atoms with Crippen LogP contribution in [0.25, 0.3) is 0 Å². The van der Waals surface area contributed by atoms with E-state index in [2.05, 4.69) is 11.8 Å². The third kappa shape index (κ3) is 2.81. The van der Waals surface area contributed by atoms with Gasteiger partial charge in [0.1, 0.15) is 6.10 Å². The number of nitrogens with zero attached hydrogens (tertiary/aromatic N) is 1. The highest BCUT2D eigenvalue weighted by Gasteiger charge is 2.32. The lowest BCUT2D eigenvalue weighted by atomic mass is 9.93. The summed E-state index contributed by atoms with van der Waals surface area (Å²) in [6.07, 6.45) is 1.74. The first-order valence-electron chi connectivity index (χ1n) is 6.26. The quantitative estimate of drug-likeness (QED) is 0.711. The first-order valence-corrected chi connectivity index (χ1v) is 6.26. The molecule has 2 atom stereocenters. The molecule has 0 aromatic heterocycles. The third-order valence-corrected chi connectivity index (χ3v) is 3.48. The molecule has 0 spiro atoms. The lowest BCUT2D eigenvalue weighted by molar-refractivity contribution is -0.144. The molecule has 2 heterocycles. The molecule has 92 valence electrons. The zero-order valence-corrected chi connectivity index (χ0v) is 9.98. The first kappa shape index (κ1) is 12.0. The van der Waals surface area contributed by atoms with Crippen LogP contribution in [0.2, 0.25) is 0 Å². The number of ether oxygens (including phenoxy) is 2. The van der Waals surface area contributed by atoms with Gasteiger partial charge < -0.3 is 9.47 Å². The fourth-order valence-corrected chi connectivity index (χ4v) is 2.39. The van der Waals surface area contributed by atoms with Crippen molar-refractivity contribution in [2.45, 2.75) is 25.9 Å². The molecule has 0 saturated carbocycles. The van der Waals surface area contributed by atoms with Crippen LogP contribution in [-0.4, -0.2) is 56.2 Å². The van der Waals surface area contributed by atoms with E-state index >= 15 is 0 Å². The van der Waals surface area contributed by atoms with Crippen molar-refractivity contribution in [2.24, 2.45) is 5.92 Å². The van der Waals surface area contributed by atoms with Crippen LogP contribution in [0, 0.1) is 5.92 Å². The molecule has 2 unspecified atom stereocenters. The van der Waals surface area contributed by atoms with Crippen molar-refractivity contribution in [3.63, 3.8) is 0 Å². The normalized spacial score (nSPS) is 32.6. The van der Waals surface area contributed by atoms with Gasteiger partial charge >= 0.3 is 0 Å². The van der Waals surface area contributed by atoms with E-state index in [1.807, 2.05) is 0 Å². The summed E-state index contributed by atoms with van der Waals surface area (Å²) in [4.78, 5) is 14.5. The van der Waals surface area contributed by atoms with E-state index in [-0.39, 0.29) is 17.8 Å². The summed E-state index contributed by atoms with van der Waals surface area (Å²) >= 11 is 0. The van der Waals surface area contributed by atoms with Crippen molar-refractivity contribution in [1.29, 1.82) is 0 Å². The maximum atomic E-state index is 12.2. The summed E-state index contributed by atoms with van der Waals surface area (Å²) in [6.45, 7) is 6.89. The Bertz CT molecular complexity index is 238. The predicted octanol–water partition coefficient (Wildman–Crippen LogP) is 0.703. The average Bonchev–Trinajstić information content (AvgIpc) is 2.39. The van der Waals surface area contributed by atoms with Gasteiger partial charge in [0.2, 0.25) is 0 Å². The van der Waals surface area contributed by atoms with E-state index in [0.29, 0.717) is 13.2 Å². The SMILES string of the molecule is CCN1CCOC(C(=O)C2CCCOC2)C1. The standard InChI is InChI=1S/C12H21NO3/c1-2-13-5-7-16-11(8-13)12(14)10-4-3-6-15-9-10/h10-11H,2-9H2,1H3. The van der Waals surface area contributed by atoms with Gasteiger partial charge in [-0.1, -0.05) is 6.92 Å². The van der Waals surface area contributed by atoms with Crippen molar-refractivity contribution >= 4 is 5.78 Å². The number of likely N-dealkylation sites (N-methyl/N-ethyl adjacent to an activating group) is 1. The average molecular weight is 227 g/mol. The first-order chi connectivity index (χ1) is 7.81. The summed E-state index contributed by atoms with van der Waals surface area (Å²) in [7, 11) is 0. The van der Waals surface area contributed by atoms with Gasteiger partial charge in [-0.15, -0.1) is 0 Å². The minimum absolute atomic E-state index is 0.0653. The van der Waals surface area contributed by atoms with Gasteiger partial charge in [-0.25, -0.2) is 0 Å². The highest BCUT2D eigenvalue weighted by molar-refractivity contribution is 5.86. The Morgan fingerprint density at radius 1 is 1.44 bits per heavy atom. The molecule has 0 bridgehead atoms. The molecule has 0 aromatic carbocycles. The zero-order valence-electron chi connectivity index (χ0n) is 9.98. The summed E-state index contributed by atoms with van der Waals surface area (Å²) in [6, 6.07) is 0. The molecular weight excluding hydrogens is 206 g/mol. The van der Waals surface area contributed by atoms with Gasteiger partial charge in [-0.3, -0.25) is 9.69 Å². The van der Waals surface area contributed by atoms with Crippen LogP contribution in [-0.2, 0) is 14.3 Å². The van der Waals surface area contributed by atoms with Crippen LogP contribution in [0.15, 0.2) is 0 Å². The lowest BCUT2D eigenvalue weighted by Gasteiger charge is -2.33. The van der Waals surface area contributed by atoms with Crippen molar-refractivity contribution in [3.05, 3.63) is 0 Å². The van der Waals surface area contributed by atoms with Crippen LogP contribution in [0.1, 0.15) is 19.8 Å². The number of morpholine rings is 1. The highest BCUT2D eigenvalue weighted by atomic mass is 16.5. The number of rotatable bonds is 3. The lowest BCUT2D eigenvalue weighted by Crippen LogP contribution is -2.48. The third-order valence-electron chi connectivity index (χ3n) is 3.48. The number of carbonyl (C=O) groups is 1. The van der Waals surface area contributed by atoms with Gasteiger partial charge in [-0.2, -0.15) is 0 Å². The molecule has 0 amide bonds.